The van der Waals surface area contributed by atoms with Crippen LogP contribution in [0.25, 0.3) is 10.8 Å². The summed E-state index contributed by atoms with van der Waals surface area (Å²) >= 11 is 10.6. The third-order valence-electron chi connectivity index (χ3n) is 5.11. The van der Waals surface area contributed by atoms with Gasteiger partial charge in [-0.2, -0.15) is 12.6 Å². The minimum absolute atomic E-state index is 0.0128. The van der Waals surface area contributed by atoms with Gasteiger partial charge in [0.2, 0.25) is 0 Å². The molecule has 0 radical (unpaired) electrons. The van der Waals surface area contributed by atoms with E-state index in [1.54, 1.807) is 18.2 Å². The van der Waals surface area contributed by atoms with Crippen molar-refractivity contribution in [2.45, 2.75) is 19.4 Å². The summed E-state index contributed by atoms with van der Waals surface area (Å²) in [7, 11) is 0. The molecule has 0 aliphatic rings. The van der Waals surface area contributed by atoms with Crippen LogP contribution in [0.15, 0.2) is 63.5 Å². The fourth-order valence-corrected chi connectivity index (χ4v) is 4.78. The smallest absolute Gasteiger partial charge is 0.412 e. The van der Waals surface area contributed by atoms with Crippen LogP contribution in [-0.2, 0) is 14.3 Å². The molecule has 174 valence electrons. The summed E-state index contributed by atoms with van der Waals surface area (Å²) in [4.78, 5) is 24.3. The number of carbonyl (C=O) groups is 2. The third kappa shape index (κ3) is 6.65. The summed E-state index contributed by atoms with van der Waals surface area (Å²) in [5.74, 6) is -0.741. The topological polar surface area (TPSA) is 84.9 Å². The molecule has 9 heteroatoms. The first kappa shape index (κ1) is 25.4. The van der Waals surface area contributed by atoms with E-state index in [0.29, 0.717) is 26.6 Å². The summed E-state index contributed by atoms with van der Waals surface area (Å²) in [6.45, 7) is 2.00. The van der Waals surface area contributed by atoms with Gasteiger partial charge in [0.1, 0.15) is 11.9 Å². The minimum Gasteiger partial charge on any atom is -0.506 e. The third-order valence-corrected chi connectivity index (χ3v) is 6.43. The molecule has 2 N–H and O–H groups in total. The van der Waals surface area contributed by atoms with E-state index in [1.165, 1.54) is 0 Å². The van der Waals surface area contributed by atoms with Crippen molar-refractivity contribution < 1.29 is 24.2 Å². The van der Waals surface area contributed by atoms with Crippen LogP contribution in [0.4, 0.5) is 10.5 Å². The fourth-order valence-electron chi connectivity index (χ4n) is 3.43. The zero-order chi connectivity index (χ0) is 24.0. The van der Waals surface area contributed by atoms with Gasteiger partial charge < -0.3 is 14.6 Å². The van der Waals surface area contributed by atoms with E-state index in [0.717, 1.165) is 10.8 Å². The standard InChI is InChI=1S/C24H23Br2NO5S/c1-14(9-10-31-21(28)13-33)23(18-11-16(25)12-19(26)22(18)29)32-24(30)27-20-8-4-6-15-5-2-3-7-17(15)20/h2-8,11-12,14,23,29,33H,9-10,13H2,1H3,(H,27,30)/t14-,23-/m1/s1. The number of hydrogen-bond acceptors (Lipinski definition) is 6. The van der Waals surface area contributed by atoms with Crippen molar-refractivity contribution in [3.8, 4) is 5.75 Å². The van der Waals surface area contributed by atoms with Gasteiger partial charge in [-0.05, 0) is 45.9 Å². The average Bonchev–Trinajstić information content (AvgIpc) is 2.80. The van der Waals surface area contributed by atoms with Crippen molar-refractivity contribution in [1.82, 2.24) is 0 Å². The molecule has 33 heavy (non-hydrogen) atoms. The zero-order valence-electron chi connectivity index (χ0n) is 17.8. The van der Waals surface area contributed by atoms with E-state index in [-0.39, 0.29) is 24.0 Å². The molecular formula is C24H23Br2NO5S. The number of rotatable bonds is 8. The lowest BCUT2D eigenvalue weighted by atomic mass is 9.94. The number of ether oxygens (including phenoxy) is 2. The van der Waals surface area contributed by atoms with Gasteiger partial charge in [0, 0.05) is 21.3 Å². The number of esters is 1. The predicted molar refractivity (Wildman–Crippen MR) is 139 cm³/mol. The Morgan fingerprint density at radius 2 is 1.85 bits per heavy atom. The molecule has 0 fully saturated rings. The summed E-state index contributed by atoms with van der Waals surface area (Å²) in [5, 5.41) is 15.3. The summed E-state index contributed by atoms with van der Waals surface area (Å²) in [6, 6.07) is 16.7. The second-order valence-electron chi connectivity index (χ2n) is 7.45. The second kappa shape index (κ2) is 11.8. The van der Waals surface area contributed by atoms with E-state index >= 15 is 0 Å². The molecule has 0 aliphatic carbocycles. The highest BCUT2D eigenvalue weighted by atomic mass is 79.9. The van der Waals surface area contributed by atoms with Crippen LogP contribution in [0.5, 0.6) is 5.75 Å². The highest BCUT2D eigenvalue weighted by Gasteiger charge is 2.28. The lowest BCUT2D eigenvalue weighted by molar-refractivity contribution is -0.141. The molecule has 6 nitrogen and oxygen atoms in total. The Kier molecular flexibility index (Phi) is 9.05. The number of thiol groups is 1. The first-order valence-corrected chi connectivity index (χ1v) is 12.4. The Balaban J connectivity index is 1.84. The van der Waals surface area contributed by atoms with Gasteiger partial charge in [0.15, 0.2) is 0 Å². The molecule has 0 saturated carbocycles. The van der Waals surface area contributed by atoms with Crippen LogP contribution >= 0.6 is 44.5 Å². The maximum Gasteiger partial charge on any atom is 0.412 e. The van der Waals surface area contributed by atoms with Gasteiger partial charge in [0.25, 0.3) is 0 Å². The molecule has 0 unspecified atom stereocenters. The number of phenols is 1. The molecule has 3 aromatic carbocycles. The van der Waals surface area contributed by atoms with Crippen LogP contribution in [0.2, 0.25) is 0 Å². The van der Waals surface area contributed by atoms with Gasteiger partial charge >= 0.3 is 12.1 Å². The molecule has 0 aliphatic heterocycles. The van der Waals surface area contributed by atoms with Gasteiger partial charge in [-0.15, -0.1) is 0 Å². The Hall–Kier alpha value is -2.23. The lowest BCUT2D eigenvalue weighted by Gasteiger charge is -2.26. The maximum absolute atomic E-state index is 12.9. The molecule has 3 aromatic rings. The van der Waals surface area contributed by atoms with E-state index in [4.69, 9.17) is 9.47 Å². The molecule has 3 rings (SSSR count). The van der Waals surface area contributed by atoms with Crippen molar-refractivity contribution in [3.63, 3.8) is 0 Å². The molecule has 2 atom stereocenters. The van der Waals surface area contributed by atoms with Gasteiger partial charge in [-0.1, -0.05) is 59.3 Å². The quantitative estimate of drug-likeness (QED) is 0.195. The first-order chi connectivity index (χ1) is 15.8. The predicted octanol–water partition coefficient (Wildman–Crippen LogP) is 6.86. The van der Waals surface area contributed by atoms with Crippen LogP contribution in [-0.4, -0.2) is 29.5 Å². The van der Waals surface area contributed by atoms with Crippen LogP contribution in [0, 0.1) is 5.92 Å². The van der Waals surface area contributed by atoms with Crippen LogP contribution < -0.4 is 5.32 Å². The van der Waals surface area contributed by atoms with E-state index in [9.17, 15) is 14.7 Å². The van der Waals surface area contributed by atoms with Crippen molar-refractivity contribution in [2.75, 3.05) is 17.7 Å². The molecule has 1 amide bonds. The van der Waals surface area contributed by atoms with Crippen molar-refractivity contribution >= 4 is 73.0 Å². The first-order valence-electron chi connectivity index (χ1n) is 10.2. The number of anilines is 1. The van der Waals surface area contributed by atoms with Gasteiger partial charge in [0.05, 0.1) is 22.5 Å². The summed E-state index contributed by atoms with van der Waals surface area (Å²) < 4.78 is 12.1. The number of fused-ring (bicyclic) bond motifs is 1. The molecule has 0 aromatic heterocycles. The normalized spacial score (nSPS) is 12.7. The summed E-state index contributed by atoms with van der Waals surface area (Å²) in [5.41, 5.74) is 1.05. The van der Waals surface area contributed by atoms with E-state index in [1.807, 2.05) is 43.3 Å². The average molecular weight is 597 g/mol. The number of amides is 1. The number of aromatic hydroxyl groups is 1. The highest BCUT2D eigenvalue weighted by molar-refractivity contribution is 9.11. The number of hydrogen-bond donors (Lipinski definition) is 3. The number of nitrogens with one attached hydrogen (secondary N) is 1. The monoisotopic (exact) mass is 595 g/mol. The Morgan fingerprint density at radius 1 is 1.12 bits per heavy atom. The van der Waals surface area contributed by atoms with Gasteiger partial charge in [-0.25, -0.2) is 4.79 Å². The summed E-state index contributed by atoms with van der Waals surface area (Å²) in [6.07, 6.45) is -1.05. The minimum atomic E-state index is -0.802. The largest absolute Gasteiger partial charge is 0.506 e. The number of halogens is 2. The molecular weight excluding hydrogens is 574 g/mol. The van der Waals surface area contributed by atoms with Crippen molar-refractivity contribution in [2.24, 2.45) is 5.92 Å². The van der Waals surface area contributed by atoms with Crippen molar-refractivity contribution in [1.29, 1.82) is 0 Å². The maximum atomic E-state index is 12.9. The van der Waals surface area contributed by atoms with Crippen LogP contribution in [0.1, 0.15) is 25.0 Å². The van der Waals surface area contributed by atoms with E-state index < -0.39 is 18.2 Å². The van der Waals surface area contributed by atoms with Gasteiger partial charge in [-0.3, -0.25) is 10.1 Å². The highest BCUT2D eigenvalue weighted by Crippen LogP contribution is 2.40. The van der Waals surface area contributed by atoms with E-state index in [2.05, 4.69) is 49.8 Å². The van der Waals surface area contributed by atoms with Crippen LogP contribution in [0.3, 0.4) is 0 Å². The molecule has 0 saturated heterocycles. The Morgan fingerprint density at radius 3 is 2.61 bits per heavy atom. The number of phenolic OH excluding ortho intramolecular Hbond substituents is 1. The fraction of sp³-hybridized carbons (Fsp3) is 0.250. The zero-order valence-corrected chi connectivity index (χ0v) is 21.8. The molecule has 0 spiro atoms. The Bertz CT molecular complexity index is 1150. The SMILES string of the molecule is C[C@H](CCOC(=O)CS)[C@@H](OC(=O)Nc1cccc2ccccc12)c1cc(Br)cc(Br)c1O. The Labute approximate surface area is 214 Å². The van der Waals surface area contributed by atoms with Crippen molar-refractivity contribution in [3.05, 3.63) is 69.1 Å². The number of benzene rings is 3. The molecule has 0 heterocycles. The lowest BCUT2D eigenvalue weighted by Crippen LogP contribution is -2.23. The second-order valence-corrected chi connectivity index (χ2v) is 9.53. The molecule has 0 bridgehead atoms. The number of carbonyl (C=O) groups excluding carboxylic acids is 2.